The molecule has 2 aromatic carbocycles. The molecule has 1 saturated carbocycles. The van der Waals surface area contributed by atoms with Gasteiger partial charge in [-0.15, -0.1) is 0 Å². The van der Waals surface area contributed by atoms with Crippen molar-refractivity contribution in [3.8, 4) is 11.1 Å². The number of carboxylic acids is 1. The van der Waals surface area contributed by atoms with Crippen LogP contribution in [0.1, 0.15) is 43.2 Å². The van der Waals surface area contributed by atoms with Crippen molar-refractivity contribution in [3.05, 3.63) is 59.7 Å². The van der Waals surface area contributed by atoms with Crippen LogP contribution in [0.2, 0.25) is 0 Å². The molecule has 0 aromatic heterocycles. The molecule has 2 aliphatic carbocycles. The summed E-state index contributed by atoms with van der Waals surface area (Å²) in [5.74, 6) is -1.42. The second-order valence-corrected chi connectivity index (χ2v) is 8.35. The molecule has 0 aliphatic heterocycles. The number of carboxylic acid groups (broad SMARTS) is 1. The Balaban J connectivity index is 1.25. The molecule has 2 aliphatic rings. The zero-order valence-electron chi connectivity index (χ0n) is 17.3. The average molecular weight is 422 g/mol. The summed E-state index contributed by atoms with van der Waals surface area (Å²) in [4.78, 5) is 35.2. The minimum atomic E-state index is -0.823. The molecule has 1 atom stereocenters. The highest BCUT2D eigenvalue weighted by Crippen LogP contribution is 2.44. The van der Waals surface area contributed by atoms with Gasteiger partial charge in [0.15, 0.2) is 0 Å². The highest BCUT2D eigenvalue weighted by molar-refractivity contribution is 5.80. The van der Waals surface area contributed by atoms with Crippen molar-refractivity contribution >= 4 is 18.0 Å². The van der Waals surface area contributed by atoms with Crippen LogP contribution in [0, 0.1) is 5.92 Å². The van der Waals surface area contributed by atoms with Crippen LogP contribution in [0.5, 0.6) is 0 Å². The van der Waals surface area contributed by atoms with Gasteiger partial charge in [0.2, 0.25) is 5.91 Å². The number of fused-ring (bicyclic) bond motifs is 3. The van der Waals surface area contributed by atoms with Crippen molar-refractivity contribution in [3.63, 3.8) is 0 Å². The highest BCUT2D eigenvalue weighted by atomic mass is 16.5. The number of carbonyl (C=O) groups is 3. The summed E-state index contributed by atoms with van der Waals surface area (Å²) in [5.41, 5.74) is 4.62. The summed E-state index contributed by atoms with van der Waals surface area (Å²) in [6.45, 7) is 1.96. The fourth-order valence-corrected chi connectivity index (χ4v) is 4.39. The minimum Gasteiger partial charge on any atom is -0.481 e. The molecule has 4 rings (SSSR count). The van der Waals surface area contributed by atoms with Gasteiger partial charge < -0.3 is 20.5 Å². The maximum absolute atomic E-state index is 12.3. The first kappa shape index (κ1) is 20.9. The van der Waals surface area contributed by atoms with E-state index in [-0.39, 0.29) is 36.8 Å². The van der Waals surface area contributed by atoms with E-state index >= 15 is 0 Å². The van der Waals surface area contributed by atoms with E-state index in [4.69, 9.17) is 9.84 Å². The Kier molecular flexibility index (Phi) is 5.93. The van der Waals surface area contributed by atoms with Crippen LogP contribution in [-0.2, 0) is 14.3 Å². The van der Waals surface area contributed by atoms with E-state index in [1.807, 2.05) is 24.3 Å². The van der Waals surface area contributed by atoms with Crippen molar-refractivity contribution in [1.82, 2.24) is 10.6 Å². The number of rotatable bonds is 7. The lowest BCUT2D eigenvalue weighted by Crippen LogP contribution is -2.48. The number of aliphatic carboxylic acids is 1. The summed E-state index contributed by atoms with van der Waals surface area (Å²) in [6, 6.07) is 15.8. The van der Waals surface area contributed by atoms with Crippen molar-refractivity contribution in [1.29, 1.82) is 0 Å². The van der Waals surface area contributed by atoms with Crippen LogP contribution in [0.25, 0.3) is 11.1 Å². The van der Waals surface area contributed by atoms with Crippen molar-refractivity contribution in [2.45, 2.75) is 44.2 Å². The number of alkyl carbamates (subject to hydrolysis) is 1. The molecule has 2 amide bonds. The normalized spacial score (nSPS) is 20.0. The van der Waals surface area contributed by atoms with Gasteiger partial charge in [-0.05, 0) is 42.0 Å². The highest BCUT2D eigenvalue weighted by Gasteiger charge is 2.35. The Labute approximate surface area is 180 Å². The minimum absolute atomic E-state index is 0.0162. The van der Waals surface area contributed by atoms with E-state index in [0.29, 0.717) is 12.8 Å². The Morgan fingerprint density at radius 2 is 1.61 bits per heavy atom. The quantitative estimate of drug-likeness (QED) is 0.635. The summed E-state index contributed by atoms with van der Waals surface area (Å²) in [5, 5.41) is 14.4. The van der Waals surface area contributed by atoms with E-state index in [2.05, 4.69) is 34.9 Å². The third-order valence-electron chi connectivity index (χ3n) is 6.05. The summed E-state index contributed by atoms with van der Waals surface area (Å²) in [6.07, 6.45) is 0.458. The lowest BCUT2D eigenvalue weighted by molar-refractivity contribution is -0.146. The van der Waals surface area contributed by atoms with Crippen LogP contribution < -0.4 is 10.6 Å². The molecular weight excluding hydrogens is 396 g/mol. The first-order chi connectivity index (χ1) is 14.9. The number of hydrogen-bond donors (Lipinski definition) is 3. The molecule has 7 nitrogen and oxygen atoms in total. The van der Waals surface area contributed by atoms with Gasteiger partial charge in [0.25, 0.3) is 0 Å². The predicted molar refractivity (Wildman–Crippen MR) is 115 cm³/mol. The fourth-order valence-electron chi connectivity index (χ4n) is 4.39. The molecule has 7 heteroatoms. The molecule has 3 N–H and O–H groups in total. The maximum atomic E-state index is 12.3. The predicted octanol–water partition coefficient (Wildman–Crippen LogP) is 3.28. The Morgan fingerprint density at radius 3 is 2.19 bits per heavy atom. The van der Waals surface area contributed by atoms with Crippen LogP contribution in [0.15, 0.2) is 48.5 Å². The zero-order valence-corrected chi connectivity index (χ0v) is 17.3. The van der Waals surface area contributed by atoms with Crippen LogP contribution in [0.4, 0.5) is 4.79 Å². The number of ether oxygens (including phenoxy) is 1. The van der Waals surface area contributed by atoms with E-state index in [1.165, 1.54) is 11.1 Å². The van der Waals surface area contributed by atoms with E-state index in [0.717, 1.165) is 11.1 Å². The van der Waals surface area contributed by atoms with Gasteiger partial charge in [0.05, 0.1) is 5.92 Å². The molecule has 31 heavy (non-hydrogen) atoms. The third kappa shape index (κ3) is 4.55. The first-order valence-electron chi connectivity index (χ1n) is 10.6. The summed E-state index contributed by atoms with van der Waals surface area (Å²) >= 11 is 0. The van der Waals surface area contributed by atoms with Gasteiger partial charge in [-0.1, -0.05) is 48.5 Å². The van der Waals surface area contributed by atoms with Crippen molar-refractivity contribution in [2.24, 2.45) is 5.92 Å². The smallest absolute Gasteiger partial charge is 0.407 e. The van der Waals surface area contributed by atoms with E-state index in [9.17, 15) is 14.4 Å². The Morgan fingerprint density at radius 1 is 1.03 bits per heavy atom. The number of amides is 2. The van der Waals surface area contributed by atoms with Gasteiger partial charge in [-0.3, -0.25) is 9.59 Å². The molecule has 1 unspecified atom stereocenters. The Hall–Kier alpha value is -3.35. The number of benzene rings is 2. The van der Waals surface area contributed by atoms with Crippen molar-refractivity contribution in [2.75, 3.05) is 6.61 Å². The molecule has 0 radical (unpaired) electrons. The Bertz CT molecular complexity index is 953. The molecule has 0 spiro atoms. The van der Waals surface area contributed by atoms with E-state index in [1.54, 1.807) is 6.92 Å². The molecule has 0 bridgehead atoms. The second-order valence-electron chi connectivity index (χ2n) is 8.35. The van der Waals surface area contributed by atoms with Crippen molar-refractivity contribution < 1.29 is 24.2 Å². The molecule has 1 fully saturated rings. The van der Waals surface area contributed by atoms with Crippen LogP contribution in [-0.4, -0.2) is 41.8 Å². The molecule has 0 saturated heterocycles. The van der Waals surface area contributed by atoms with Gasteiger partial charge in [0, 0.05) is 24.4 Å². The first-order valence-corrected chi connectivity index (χ1v) is 10.6. The molecular formula is C24H26N2O5. The monoisotopic (exact) mass is 422 g/mol. The zero-order chi connectivity index (χ0) is 22.0. The lowest BCUT2D eigenvalue weighted by atomic mass is 9.80. The molecule has 162 valence electrons. The summed E-state index contributed by atoms with van der Waals surface area (Å²) < 4.78 is 5.50. The fraction of sp³-hybridized carbons (Fsp3) is 0.375. The largest absolute Gasteiger partial charge is 0.481 e. The topological polar surface area (TPSA) is 105 Å². The number of nitrogens with one attached hydrogen (secondary N) is 2. The number of carbonyl (C=O) groups excluding carboxylic acids is 2. The summed E-state index contributed by atoms with van der Waals surface area (Å²) in [7, 11) is 0. The molecule has 2 aromatic rings. The van der Waals surface area contributed by atoms with Crippen LogP contribution >= 0.6 is 0 Å². The third-order valence-corrected chi connectivity index (χ3v) is 6.05. The average Bonchev–Trinajstić information content (AvgIpc) is 3.02. The SMILES string of the molecule is CC(CC(=O)NC1CC(C(=O)O)C1)NC(=O)OCC1c2ccccc2-c2ccccc21. The number of hydrogen-bond acceptors (Lipinski definition) is 4. The molecule has 0 heterocycles. The van der Waals surface area contributed by atoms with Gasteiger partial charge in [-0.2, -0.15) is 0 Å². The standard InChI is InChI=1S/C24H26N2O5/c1-14(10-22(27)26-16-11-15(12-16)23(28)29)25-24(30)31-13-21-19-8-4-2-6-17(19)18-7-3-5-9-20(18)21/h2-9,14-16,21H,10-13H2,1H3,(H,25,30)(H,26,27)(H,28,29). The van der Waals surface area contributed by atoms with Gasteiger partial charge in [-0.25, -0.2) is 4.79 Å². The second kappa shape index (κ2) is 8.79. The van der Waals surface area contributed by atoms with E-state index < -0.39 is 18.1 Å². The van der Waals surface area contributed by atoms with Gasteiger partial charge in [0.1, 0.15) is 6.61 Å². The maximum Gasteiger partial charge on any atom is 0.407 e. The lowest BCUT2D eigenvalue weighted by Gasteiger charge is -2.33. The van der Waals surface area contributed by atoms with Crippen LogP contribution in [0.3, 0.4) is 0 Å². The van der Waals surface area contributed by atoms with Gasteiger partial charge >= 0.3 is 12.1 Å².